The zero-order chi connectivity index (χ0) is 21.3. The molecule has 1 heterocycles. The highest BCUT2D eigenvalue weighted by Crippen LogP contribution is 2.43. The molecule has 0 saturated carbocycles. The van der Waals surface area contributed by atoms with Gasteiger partial charge < -0.3 is 9.64 Å². The highest BCUT2D eigenvalue weighted by atomic mass is 32.2. The van der Waals surface area contributed by atoms with Gasteiger partial charge in [-0.25, -0.2) is 0 Å². The van der Waals surface area contributed by atoms with E-state index in [0.29, 0.717) is 18.0 Å². The molecule has 0 radical (unpaired) electrons. The summed E-state index contributed by atoms with van der Waals surface area (Å²) in [6, 6.07) is 20.6. The number of hydrogen-bond acceptors (Lipinski definition) is 4. The number of hydrogen-bond donors (Lipinski definition) is 0. The molecule has 30 heavy (non-hydrogen) atoms. The van der Waals surface area contributed by atoms with Gasteiger partial charge in [0.2, 0.25) is 0 Å². The van der Waals surface area contributed by atoms with Gasteiger partial charge in [-0.1, -0.05) is 70.2 Å². The van der Waals surface area contributed by atoms with Crippen LogP contribution in [0.1, 0.15) is 45.7 Å². The summed E-state index contributed by atoms with van der Waals surface area (Å²) in [5.74, 6) is 1.77. The summed E-state index contributed by atoms with van der Waals surface area (Å²) < 4.78 is 6.19. The zero-order valence-electron chi connectivity index (χ0n) is 19.1. The van der Waals surface area contributed by atoms with Crippen LogP contribution in [0, 0.1) is 5.92 Å². The number of ether oxygens (including phenoxy) is 1. The fourth-order valence-electron chi connectivity index (χ4n) is 4.20. The zero-order valence-corrected chi connectivity index (χ0v) is 19.9. The van der Waals surface area contributed by atoms with Crippen LogP contribution in [0.3, 0.4) is 0 Å². The molecule has 0 aromatic heterocycles. The number of rotatable bonds is 11. The van der Waals surface area contributed by atoms with Crippen molar-refractivity contribution >= 4 is 17.4 Å². The molecular formula is C26H38N2OS. The summed E-state index contributed by atoms with van der Waals surface area (Å²) in [6.45, 7) is 13.8. The van der Waals surface area contributed by atoms with Crippen molar-refractivity contribution in [3.05, 3.63) is 60.2 Å². The first-order chi connectivity index (χ1) is 14.6. The predicted octanol–water partition coefficient (Wildman–Crippen LogP) is 6.11. The molecule has 4 heteroatoms. The van der Waals surface area contributed by atoms with Crippen molar-refractivity contribution in [3.8, 4) is 0 Å². The van der Waals surface area contributed by atoms with Crippen molar-refractivity contribution < 1.29 is 4.74 Å². The average molecular weight is 427 g/mol. The Bertz CT molecular complexity index is 748. The van der Waals surface area contributed by atoms with E-state index in [2.05, 4.69) is 92.1 Å². The van der Waals surface area contributed by atoms with Crippen LogP contribution in [0.5, 0.6) is 0 Å². The van der Waals surface area contributed by atoms with Crippen molar-refractivity contribution in [2.24, 2.45) is 5.92 Å². The third kappa shape index (κ3) is 6.03. The standard InChI is InChI=1S/C26H38N2OS/c1-5-27(6-2)23(19-29-17-16-21(3)4)18-28-24-14-10-11-15-26(24)30-20-25(28)22-12-8-7-9-13-22/h7-15,21,23,25H,5-6,16-20H2,1-4H3. The van der Waals surface area contributed by atoms with Gasteiger partial charge in [0.15, 0.2) is 0 Å². The molecule has 2 aromatic carbocycles. The lowest BCUT2D eigenvalue weighted by Gasteiger charge is -2.43. The van der Waals surface area contributed by atoms with Crippen LogP contribution in [0.2, 0.25) is 0 Å². The molecule has 2 aromatic rings. The highest BCUT2D eigenvalue weighted by Gasteiger charge is 2.31. The van der Waals surface area contributed by atoms with Gasteiger partial charge in [0.25, 0.3) is 0 Å². The monoisotopic (exact) mass is 426 g/mol. The number of anilines is 1. The van der Waals surface area contributed by atoms with Crippen LogP contribution < -0.4 is 4.90 Å². The molecule has 0 N–H and O–H groups in total. The smallest absolute Gasteiger partial charge is 0.0639 e. The van der Waals surface area contributed by atoms with Crippen molar-refractivity contribution in [1.29, 1.82) is 0 Å². The summed E-state index contributed by atoms with van der Waals surface area (Å²) in [5, 5.41) is 0. The van der Waals surface area contributed by atoms with Crippen molar-refractivity contribution in [2.45, 2.75) is 51.1 Å². The van der Waals surface area contributed by atoms with Crippen LogP contribution in [0.15, 0.2) is 59.5 Å². The molecule has 0 saturated heterocycles. The summed E-state index contributed by atoms with van der Waals surface area (Å²) in [6.07, 6.45) is 1.13. The van der Waals surface area contributed by atoms with Gasteiger partial charge in [-0.2, -0.15) is 0 Å². The van der Waals surface area contributed by atoms with E-state index < -0.39 is 0 Å². The summed E-state index contributed by atoms with van der Waals surface area (Å²) in [4.78, 5) is 6.58. The van der Waals surface area contributed by atoms with E-state index in [0.717, 1.165) is 45.0 Å². The lowest BCUT2D eigenvalue weighted by molar-refractivity contribution is 0.0598. The Labute approximate surface area is 187 Å². The van der Waals surface area contributed by atoms with E-state index in [1.165, 1.54) is 16.1 Å². The van der Waals surface area contributed by atoms with E-state index in [9.17, 15) is 0 Å². The maximum atomic E-state index is 6.19. The molecule has 164 valence electrons. The molecule has 0 fully saturated rings. The second-order valence-electron chi connectivity index (χ2n) is 8.49. The van der Waals surface area contributed by atoms with Crippen LogP contribution in [0.25, 0.3) is 0 Å². The Kier molecular flexibility index (Phi) is 9.10. The number of nitrogens with zero attached hydrogens (tertiary/aromatic N) is 2. The number of benzene rings is 2. The second kappa shape index (κ2) is 11.8. The third-order valence-electron chi connectivity index (χ3n) is 6.02. The van der Waals surface area contributed by atoms with Crippen LogP contribution in [-0.2, 0) is 4.74 Å². The first kappa shape index (κ1) is 23.2. The summed E-state index contributed by atoms with van der Waals surface area (Å²) in [5.41, 5.74) is 2.76. The molecule has 3 rings (SSSR count). The highest BCUT2D eigenvalue weighted by molar-refractivity contribution is 7.99. The largest absolute Gasteiger partial charge is 0.380 e. The van der Waals surface area contributed by atoms with Gasteiger partial charge in [-0.3, -0.25) is 4.90 Å². The topological polar surface area (TPSA) is 15.7 Å². The molecule has 1 aliphatic heterocycles. The second-order valence-corrected chi connectivity index (χ2v) is 9.55. The van der Waals surface area contributed by atoms with Gasteiger partial charge in [-0.15, -0.1) is 11.8 Å². The Morgan fingerprint density at radius 2 is 1.73 bits per heavy atom. The van der Waals surface area contributed by atoms with Crippen LogP contribution >= 0.6 is 11.8 Å². The van der Waals surface area contributed by atoms with Gasteiger partial charge in [0.05, 0.1) is 24.4 Å². The molecule has 1 aliphatic rings. The molecule has 0 amide bonds. The minimum atomic E-state index is 0.384. The van der Waals surface area contributed by atoms with E-state index in [-0.39, 0.29) is 0 Å². The van der Waals surface area contributed by atoms with Crippen LogP contribution in [0.4, 0.5) is 5.69 Å². The summed E-state index contributed by atoms with van der Waals surface area (Å²) in [7, 11) is 0. The third-order valence-corrected chi connectivity index (χ3v) is 7.16. The maximum absolute atomic E-state index is 6.19. The minimum absolute atomic E-state index is 0.384. The normalized spacial score (nSPS) is 17.4. The molecule has 2 unspecified atom stereocenters. The lowest BCUT2D eigenvalue weighted by Crippen LogP contribution is -2.49. The number of thioether (sulfide) groups is 1. The molecule has 0 spiro atoms. The quantitative estimate of drug-likeness (QED) is 0.402. The SMILES string of the molecule is CCN(CC)C(COCCC(C)C)CN1c2ccccc2SCC1c1ccccc1. The van der Waals surface area contributed by atoms with E-state index in [1.54, 1.807) is 0 Å². The lowest BCUT2D eigenvalue weighted by atomic mass is 10.0. The van der Waals surface area contributed by atoms with Crippen molar-refractivity contribution in [2.75, 3.05) is 43.5 Å². The van der Waals surface area contributed by atoms with E-state index in [4.69, 9.17) is 4.74 Å². The maximum Gasteiger partial charge on any atom is 0.0639 e. The predicted molar refractivity (Wildman–Crippen MR) is 131 cm³/mol. The number of para-hydroxylation sites is 1. The number of likely N-dealkylation sites (N-methyl/N-ethyl adjacent to an activating group) is 1. The first-order valence-electron chi connectivity index (χ1n) is 11.5. The van der Waals surface area contributed by atoms with E-state index >= 15 is 0 Å². The fraction of sp³-hybridized carbons (Fsp3) is 0.538. The van der Waals surface area contributed by atoms with Crippen LogP contribution in [-0.4, -0.2) is 49.5 Å². The molecule has 3 nitrogen and oxygen atoms in total. The Morgan fingerprint density at radius 1 is 1.03 bits per heavy atom. The molecule has 2 atom stereocenters. The molecular weight excluding hydrogens is 388 g/mol. The Hall–Kier alpha value is -1.49. The summed E-state index contributed by atoms with van der Waals surface area (Å²) >= 11 is 1.98. The van der Waals surface area contributed by atoms with Crippen molar-refractivity contribution in [3.63, 3.8) is 0 Å². The van der Waals surface area contributed by atoms with Crippen molar-refractivity contribution in [1.82, 2.24) is 4.90 Å². The van der Waals surface area contributed by atoms with Gasteiger partial charge in [-0.05, 0) is 43.1 Å². The first-order valence-corrected chi connectivity index (χ1v) is 12.5. The average Bonchev–Trinajstić information content (AvgIpc) is 2.77. The van der Waals surface area contributed by atoms with E-state index in [1.807, 2.05) is 11.8 Å². The molecule has 0 aliphatic carbocycles. The Balaban J connectivity index is 1.84. The molecule has 0 bridgehead atoms. The minimum Gasteiger partial charge on any atom is -0.380 e. The van der Waals surface area contributed by atoms with Gasteiger partial charge >= 0.3 is 0 Å². The fourth-order valence-corrected chi connectivity index (χ4v) is 5.42. The number of fused-ring (bicyclic) bond motifs is 1. The van der Waals surface area contributed by atoms with Gasteiger partial charge in [0.1, 0.15) is 0 Å². The van der Waals surface area contributed by atoms with Gasteiger partial charge in [0, 0.05) is 23.8 Å². The Morgan fingerprint density at radius 3 is 2.43 bits per heavy atom.